The summed E-state index contributed by atoms with van der Waals surface area (Å²) in [5, 5.41) is 13.0. The van der Waals surface area contributed by atoms with Crippen molar-refractivity contribution in [2.24, 2.45) is 0 Å². The maximum absolute atomic E-state index is 6.99. The van der Waals surface area contributed by atoms with Gasteiger partial charge in [-0.15, -0.1) is 0 Å². The van der Waals surface area contributed by atoms with E-state index in [1.54, 1.807) is 0 Å². The molecule has 0 amide bonds. The summed E-state index contributed by atoms with van der Waals surface area (Å²) in [6.45, 7) is 4.60. The average molecular weight is 645 g/mol. The first-order valence-electron chi connectivity index (χ1n) is 17.5. The van der Waals surface area contributed by atoms with Gasteiger partial charge in [-0.1, -0.05) is 153 Å². The number of hydrogen-bond donors (Lipinski definition) is 2. The van der Waals surface area contributed by atoms with E-state index in [0.29, 0.717) is 0 Å². The van der Waals surface area contributed by atoms with Crippen molar-refractivity contribution in [3.63, 3.8) is 0 Å². The van der Waals surface area contributed by atoms with Gasteiger partial charge >= 0.3 is 0 Å². The van der Waals surface area contributed by atoms with Crippen molar-refractivity contribution < 1.29 is 4.74 Å². The third-order valence-electron chi connectivity index (χ3n) is 10.8. The lowest BCUT2D eigenvalue weighted by Gasteiger charge is -2.35. The third-order valence-corrected chi connectivity index (χ3v) is 10.8. The molecule has 2 aliphatic heterocycles. The van der Waals surface area contributed by atoms with Gasteiger partial charge in [0.05, 0.1) is 6.04 Å². The van der Waals surface area contributed by atoms with Gasteiger partial charge in [0.25, 0.3) is 0 Å². The lowest BCUT2D eigenvalue weighted by molar-refractivity contribution is 0.446. The number of rotatable bonds is 3. The van der Waals surface area contributed by atoms with E-state index in [1.165, 1.54) is 60.5 Å². The Morgan fingerprint density at radius 2 is 1.18 bits per heavy atom. The van der Waals surface area contributed by atoms with Crippen LogP contribution in [0, 0.1) is 0 Å². The van der Waals surface area contributed by atoms with Crippen LogP contribution in [0.25, 0.3) is 55.6 Å². The molecule has 7 aromatic rings. The van der Waals surface area contributed by atoms with Gasteiger partial charge in [0.1, 0.15) is 17.7 Å². The van der Waals surface area contributed by atoms with E-state index in [9.17, 15) is 0 Å². The fraction of sp³-hybridized carbons (Fsp3) is 0.106. The van der Waals surface area contributed by atoms with Crippen molar-refractivity contribution in [1.29, 1.82) is 0 Å². The summed E-state index contributed by atoms with van der Waals surface area (Å²) in [6, 6.07) is 50.1. The van der Waals surface area contributed by atoms with Crippen molar-refractivity contribution >= 4 is 33.3 Å². The van der Waals surface area contributed by atoms with Gasteiger partial charge in [0, 0.05) is 33.4 Å². The Morgan fingerprint density at radius 3 is 1.94 bits per heavy atom. The molecule has 2 atom stereocenters. The molecule has 3 nitrogen and oxygen atoms in total. The van der Waals surface area contributed by atoms with Gasteiger partial charge in [-0.05, 0) is 67.6 Å². The van der Waals surface area contributed by atoms with E-state index in [4.69, 9.17) is 4.74 Å². The summed E-state index contributed by atoms with van der Waals surface area (Å²) in [6.07, 6.45) is 6.90. The minimum Gasteiger partial charge on any atom is -0.456 e. The van der Waals surface area contributed by atoms with Gasteiger partial charge in [-0.25, -0.2) is 0 Å². The second-order valence-electron chi connectivity index (χ2n) is 14.2. The Balaban J connectivity index is 1.23. The van der Waals surface area contributed by atoms with Crippen LogP contribution in [0.1, 0.15) is 53.9 Å². The van der Waals surface area contributed by atoms with E-state index in [2.05, 4.69) is 182 Å². The highest BCUT2D eigenvalue weighted by Crippen LogP contribution is 2.55. The molecule has 50 heavy (non-hydrogen) atoms. The van der Waals surface area contributed by atoms with Crippen LogP contribution >= 0.6 is 0 Å². The van der Waals surface area contributed by atoms with Gasteiger partial charge < -0.3 is 10.1 Å². The molecule has 0 saturated carbocycles. The molecular formula is C47H36N2O. The van der Waals surface area contributed by atoms with E-state index in [-0.39, 0.29) is 17.6 Å². The first-order valence-corrected chi connectivity index (χ1v) is 17.5. The SMILES string of the molecule is CC1(C)C=Cc2c(C3=CC(c4cccc5ccccc45)NC(c4cccc5ccccc45)N3)cc3c(c21)Oc1ccccc1-c1ccccc1-3. The number of fused-ring (bicyclic) bond motifs is 9. The molecular weight excluding hydrogens is 609 g/mol. The zero-order valence-electron chi connectivity index (χ0n) is 28.1. The molecule has 2 N–H and O–H groups in total. The van der Waals surface area contributed by atoms with Crippen LogP contribution in [0.3, 0.4) is 0 Å². The lowest BCUT2D eigenvalue weighted by Crippen LogP contribution is -2.40. The molecule has 3 aliphatic rings. The standard InChI is InChI=1S/C47H36N2O/c1-47(2)26-25-37-39(27-40-34-20-8-7-19-33(34)36-21-9-10-24-43(36)50-45(40)44(37)47)42-28-41(35-22-11-15-29-13-3-5-17-31(29)35)48-46(49-42)38-23-12-16-30-14-4-6-18-32(30)38/h3-28,41,46,48-49H,1-2H3. The molecule has 3 heteroatoms. The highest BCUT2D eigenvalue weighted by Gasteiger charge is 2.37. The van der Waals surface area contributed by atoms with Gasteiger partial charge in [0.15, 0.2) is 0 Å². The lowest BCUT2D eigenvalue weighted by atomic mass is 9.81. The van der Waals surface area contributed by atoms with E-state index < -0.39 is 0 Å². The van der Waals surface area contributed by atoms with Crippen LogP contribution in [-0.2, 0) is 5.41 Å². The van der Waals surface area contributed by atoms with Crippen LogP contribution in [0.4, 0.5) is 0 Å². The van der Waals surface area contributed by atoms with E-state index in [1.807, 2.05) is 0 Å². The van der Waals surface area contributed by atoms with Crippen LogP contribution < -0.4 is 15.4 Å². The Bertz CT molecular complexity index is 2560. The summed E-state index contributed by atoms with van der Waals surface area (Å²) in [5.74, 6) is 1.84. The fourth-order valence-electron chi connectivity index (χ4n) is 8.42. The Kier molecular flexibility index (Phi) is 6.43. The minimum absolute atomic E-state index is 0.0398. The zero-order valence-corrected chi connectivity index (χ0v) is 28.1. The molecule has 0 radical (unpaired) electrons. The third kappa shape index (κ3) is 4.47. The second kappa shape index (κ2) is 11.1. The molecule has 0 aromatic heterocycles. The molecule has 2 unspecified atom stereocenters. The fourth-order valence-corrected chi connectivity index (χ4v) is 8.42. The van der Waals surface area contributed by atoms with Crippen LogP contribution in [0.5, 0.6) is 11.5 Å². The molecule has 240 valence electrons. The second-order valence-corrected chi connectivity index (χ2v) is 14.2. The topological polar surface area (TPSA) is 33.3 Å². The molecule has 0 fully saturated rings. The number of benzene rings is 7. The highest BCUT2D eigenvalue weighted by atomic mass is 16.5. The number of nitrogens with one attached hydrogen (secondary N) is 2. The zero-order chi connectivity index (χ0) is 33.4. The molecule has 1 aliphatic carbocycles. The maximum atomic E-state index is 6.99. The maximum Gasteiger partial charge on any atom is 0.140 e. The van der Waals surface area contributed by atoms with Crippen LogP contribution in [0.15, 0.2) is 152 Å². The predicted molar refractivity (Wildman–Crippen MR) is 207 cm³/mol. The van der Waals surface area contributed by atoms with Crippen LogP contribution in [-0.4, -0.2) is 0 Å². The number of para-hydroxylation sites is 1. The number of ether oxygens (including phenoxy) is 1. The number of allylic oxidation sites excluding steroid dienone is 1. The molecule has 10 rings (SSSR count). The van der Waals surface area contributed by atoms with Gasteiger partial charge in [0.2, 0.25) is 0 Å². The van der Waals surface area contributed by atoms with Gasteiger partial charge in [-0.2, -0.15) is 0 Å². The summed E-state index contributed by atoms with van der Waals surface area (Å²) in [5.41, 5.74) is 11.6. The number of hydrogen-bond acceptors (Lipinski definition) is 3. The summed E-state index contributed by atoms with van der Waals surface area (Å²) >= 11 is 0. The molecule has 2 heterocycles. The van der Waals surface area contributed by atoms with Crippen molar-refractivity contribution in [2.75, 3.05) is 0 Å². The van der Waals surface area contributed by atoms with Crippen molar-refractivity contribution in [1.82, 2.24) is 10.6 Å². The highest BCUT2D eigenvalue weighted by molar-refractivity contribution is 5.96. The molecule has 7 aromatic carbocycles. The Morgan fingerprint density at radius 1 is 0.580 bits per heavy atom. The van der Waals surface area contributed by atoms with Gasteiger partial charge in [-0.3, -0.25) is 5.32 Å². The predicted octanol–water partition coefficient (Wildman–Crippen LogP) is 11.7. The van der Waals surface area contributed by atoms with E-state index in [0.717, 1.165) is 28.3 Å². The summed E-state index contributed by atoms with van der Waals surface area (Å²) < 4.78 is 6.99. The monoisotopic (exact) mass is 644 g/mol. The van der Waals surface area contributed by atoms with E-state index >= 15 is 0 Å². The van der Waals surface area contributed by atoms with Crippen molar-refractivity contribution in [3.8, 4) is 33.8 Å². The van der Waals surface area contributed by atoms with Crippen LogP contribution in [0.2, 0.25) is 0 Å². The Labute approximate surface area is 292 Å². The average Bonchev–Trinajstić information content (AvgIpc) is 3.41. The smallest absolute Gasteiger partial charge is 0.140 e. The largest absolute Gasteiger partial charge is 0.456 e. The Hall–Kier alpha value is -5.90. The normalized spacial score (nSPS) is 18.2. The minimum atomic E-state index is -0.221. The first kappa shape index (κ1) is 29.1. The summed E-state index contributed by atoms with van der Waals surface area (Å²) in [7, 11) is 0. The van der Waals surface area contributed by atoms with Crippen molar-refractivity contribution in [3.05, 3.63) is 179 Å². The molecule has 0 bridgehead atoms. The quantitative estimate of drug-likeness (QED) is 0.201. The van der Waals surface area contributed by atoms with Crippen molar-refractivity contribution in [2.45, 2.75) is 31.5 Å². The molecule has 0 spiro atoms. The summed E-state index contributed by atoms with van der Waals surface area (Å²) in [4.78, 5) is 0. The molecule has 0 saturated heterocycles. The first-order chi connectivity index (χ1) is 24.5.